The maximum absolute atomic E-state index is 13.5. The van der Waals surface area contributed by atoms with Gasteiger partial charge in [-0.25, -0.2) is 8.78 Å². The van der Waals surface area contributed by atoms with E-state index in [2.05, 4.69) is 16.4 Å². The molecule has 8 heteroatoms. The zero-order valence-corrected chi connectivity index (χ0v) is 19.0. The van der Waals surface area contributed by atoms with Crippen LogP contribution in [-0.2, 0) is 19.5 Å². The average molecular weight is 485 g/mol. The quantitative estimate of drug-likeness (QED) is 0.429. The Hall–Kier alpha value is -4.59. The minimum absolute atomic E-state index is 0.00317. The highest BCUT2D eigenvalue weighted by molar-refractivity contribution is 5.93. The first kappa shape index (κ1) is 23.2. The van der Waals surface area contributed by atoms with Crippen molar-refractivity contribution in [2.75, 3.05) is 0 Å². The lowest BCUT2D eigenvalue weighted by molar-refractivity contribution is 0.0948. The fourth-order valence-electron chi connectivity index (χ4n) is 4.26. The van der Waals surface area contributed by atoms with Gasteiger partial charge in [0.1, 0.15) is 11.3 Å². The fraction of sp³-hybridized carbons (Fsp3) is 0.107. The lowest BCUT2D eigenvalue weighted by Crippen LogP contribution is -2.32. The molecule has 2 N–H and O–H groups in total. The molecule has 2 heterocycles. The number of aromatic hydroxyl groups is 1. The first-order chi connectivity index (χ1) is 17.4. The van der Waals surface area contributed by atoms with Crippen LogP contribution < -0.4 is 10.9 Å². The van der Waals surface area contributed by atoms with Crippen LogP contribution in [0.15, 0.2) is 83.9 Å². The van der Waals surface area contributed by atoms with Crippen molar-refractivity contribution in [1.29, 1.82) is 0 Å². The predicted molar refractivity (Wildman–Crippen MR) is 130 cm³/mol. The number of halogens is 2. The number of pyridine rings is 2. The van der Waals surface area contributed by atoms with Crippen molar-refractivity contribution in [2.24, 2.45) is 0 Å². The Morgan fingerprint density at radius 3 is 2.75 bits per heavy atom. The molecule has 0 bridgehead atoms. The van der Waals surface area contributed by atoms with Crippen molar-refractivity contribution in [3.63, 3.8) is 0 Å². The van der Waals surface area contributed by atoms with Gasteiger partial charge in [-0.1, -0.05) is 24.3 Å². The van der Waals surface area contributed by atoms with E-state index in [9.17, 15) is 23.5 Å². The number of aromatic nitrogens is 2. The van der Waals surface area contributed by atoms with E-state index < -0.39 is 23.1 Å². The molecule has 0 unspecified atom stereocenters. The zero-order chi connectivity index (χ0) is 25.2. The van der Waals surface area contributed by atoms with E-state index in [-0.39, 0.29) is 24.4 Å². The molecule has 0 aliphatic heterocycles. The van der Waals surface area contributed by atoms with Crippen LogP contribution in [0, 0.1) is 11.6 Å². The molecule has 0 radical (unpaired) electrons. The van der Waals surface area contributed by atoms with Crippen LogP contribution in [0.2, 0.25) is 0 Å². The van der Waals surface area contributed by atoms with E-state index in [4.69, 9.17) is 0 Å². The number of benzene rings is 2. The van der Waals surface area contributed by atoms with Crippen molar-refractivity contribution in [3.8, 4) is 5.75 Å². The molecule has 0 spiro atoms. The van der Waals surface area contributed by atoms with Gasteiger partial charge in [0.05, 0.1) is 12.2 Å². The second-order valence-electron chi connectivity index (χ2n) is 8.45. The number of fused-ring (bicyclic) bond motifs is 1. The topological polar surface area (TPSA) is 84.2 Å². The van der Waals surface area contributed by atoms with E-state index in [0.29, 0.717) is 11.1 Å². The Labute approximate surface area is 205 Å². The minimum atomic E-state index is -1.01. The van der Waals surface area contributed by atoms with Crippen molar-refractivity contribution in [3.05, 3.63) is 135 Å². The van der Waals surface area contributed by atoms with E-state index in [1.165, 1.54) is 29.0 Å². The Morgan fingerprint density at radius 2 is 1.92 bits per heavy atom. The second kappa shape index (κ2) is 9.58. The zero-order valence-electron chi connectivity index (χ0n) is 19.0. The Kier molecular flexibility index (Phi) is 6.16. The van der Waals surface area contributed by atoms with E-state index in [1.807, 2.05) is 18.2 Å². The number of hydrogen-bond donors (Lipinski definition) is 2. The van der Waals surface area contributed by atoms with Crippen molar-refractivity contribution in [2.45, 2.75) is 19.5 Å². The van der Waals surface area contributed by atoms with Crippen LogP contribution >= 0.6 is 0 Å². The molecular weight excluding hydrogens is 464 g/mol. The monoisotopic (exact) mass is 485 g/mol. The van der Waals surface area contributed by atoms with Gasteiger partial charge in [-0.3, -0.25) is 14.6 Å². The number of carbonyl (C=O) groups excluding carboxylic acids is 1. The van der Waals surface area contributed by atoms with Gasteiger partial charge in [0, 0.05) is 36.5 Å². The molecule has 0 saturated carbocycles. The molecule has 4 aromatic rings. The smallest absolute Gasteiger partial charge is 0.263 e. The van der Waals surface area contributed by atoms with E-state index in [1.54, 1.807) is 18.3 Å². The number of phenolic OH excluding ortho intramolecular Hbond substituents is 1. The maximum Gasteiger partial charge on any atom is 0.263 e. The molecule has 1 aliphatic carbocycles. The van der Waals surface area contributed by atoms with E-state index >= 15 is 0 Å². The van der Waals surface area contributed by atoms with Crippen molar-refractivity contribution in [1.82, 2.24) is 14.9 Å². The van der Waals surface area contributed by atoms with Crippen LogP contribution in [0.3, 0.4) is 0 Å². The lowest BCUT2D eigenvalue weighted by Gasteiger charge is -2.12. The van der Waals surface area contributed by atoms with Gasteiger partial charge in [-0.15, -0.1) is 0 Å². The summed E-state index contributed by atoms with van der Waals surface area (Å²) >= 11 is 0. The summed E-state index contributed by atoms with van der Waals surface area (Å²) in [5.74, 6) is -2.58. The summed E-state index contributed by atoms with van der Waals surface area (Å²) in [7, 11) is 0. The van der Waals surface area contributed by atoms with Gasteiger partial charge in [0.15, 0.2) is 11.6 Å². The number of nitrogens with one attached hydrogen (secondary N) is 1. The van der Waals surface area contributed by atoms with Crippen LogP contribution in [0.4, 0.5) is 8.78 Å². The number of rotatable bonds is 6. The first-order valence-electron chi connectivity index (χ1n) is 11.3. The highest BCUT2D eigenvalue weighted by atomic mass is 19.2. The summed E-state index contributed by atoms with van der Waals surface area (Å²) in [6, 6.07) is 15.4. The van der Waals surface area contributed by atoms with Crippen molar-refractivity contribution >= 4 is 11.5 Å². The summed E-state index contributed by atoms with van der Waals surface area (Å²) in [6.07, 6.45) is 6.02. The maximum atomic E-state index is 13.5. The molecule has 1 aliphatic rings. The molecule has 0 atom stereocenters. The van der Waals surface area contributed by atoms with Crippen molar-refractivity contribution < 1.29 is 18.7 Å². The number of hydrogen-bond acceptors (Lipinski definition) is 4. The molecule has 180 valence electrons. The Balaban J connectivity index is 1.33. The third-order valence-corrected chi connectivity index (χ3v) is 6.11. The summed E-state index contributed by atoms with van der Waals surface area (Å²) in [5, 5.41) is 13.0. The number of carbonyl (C=O) groups is 1. The molecule has 2 aromatic carbocycles. The average Bonchev–Trinajstić information content (AvgIpc) is 3.31. The summed E-state index contributed by atoms with van der Waals surface area (Å²) in [4.78, 5) is 30.1. The molecule has 0 saturated heterocycles. The largest absolute Gasteiger partial charge is 0.508 e. The predicted octanol–water partition coefficient (Wildman–Crippen LogP) is 4.19. The molecule has 6 nitrogen and oxygen atoms in total. The third-order valence-electron chi connectivity index (χ3n) is 6.11. The van der Waals surface area contributed by atoms with Gasteiger partial charge in [-0.05, 0) is 59.2 Å². The molecule has 5 rings (SSSR count). The van der Waals surface area contributed by atoms with Crippen LogP contribution in [0.5, 0.6) is 5.75 Å². The first-order valence-corrected chi connectivity index (χ1v) is 11.3. The number of amides is 1. The standard InChI is InChI=1S/C28H21F2N3O3/c29-23-8-5-17(13-24(23)30)16-33-12-2-4-22(28(33)36)27(35)32-15-19-14-18(6-10-26(19)34)20-7-9-25-21(20)3-1-11-31-25/h1-8,10-14,34H,9,15-16H2,(H,32,35). The summed E-state index contributed by atoms with van der Waals surface area (Å²) in [5.41, 5.74) is 4.12. The van der Waals surface area contributed by atoms with Crippen LogP contribution in [-0.4, -0.2) is 20.6 Å². The van der Waals surface area contributed by atoms with Gasteiger partial charge in [0.25, 0.3) is 11.5 Å². The molecule has 36 heavy (non-hydrogen) atoms. The number of allylic oxidation sites excluding steroid dienone is 1. The van der Waals surface area contributed by atoms with Gasteiger partial charge in [0.2, 0.25) is 0 Å². The number of phenols is 1. The Bertz CT molecular complexity index is 1580. The van der Waals surface area contributed by atoms with Crippen LogP contribution in [0.25, 0.3) is 5.57 Å². The molecule has 1 amide bonds. The highest BCUT2D eigenvalue weighted by Crippen LogP contribution is 2.33. The minimum Gasteiger partial charge on any atom is -0.508 e. The molecule has 2 aromatic heterocycles. The van der Waals surface area contributed by atoms with Gasteiger partial charge < -0.3 is 15.0 Å². The summed E-state index contributed by atoms with van der Waals surface area (Å²) < 4.78 is 28.0. The molecular formula is C28H21F2N3O3. The SMILES string of the molecule is O=C(NCc1cc(C2=CCc3ncccc32)ccc1O)c1cccn(Cc2ccc(F)c(F)c2)c1=O. The lowest BCUT2D eigenvalue weighted by atomic mass is 9.98. The van der Waals surface area contributed by atoms with E-state index in [0.717, 1.165) is 40.9 Å². The third kappa shape index (κ3) is 4.53. The second-order valence-corrected chi connectivity index (χ2v) is 8.45. The number of nitrogens with zero attached hydrogens (tertiary/aromatic N) is 2. The fourth-order valence-corrected chi connectivity index (χ4v) is 4.26. The summed E-state index contributed by atoms with van der Waals surface area (Å²) in [6.45, 7) is -0.0192. The Morgan fingerprint density at radius 1 is 1.06 bits per heavy atom. The molecule has 0 fully saturated rings. The normalized spacial score (nSPS) is 12.2. The van der Waals surface area contributed by atoms with Gasteiger partial charge >= 0.3 is 0 Å². The van der Waals surface area contributed by atoms with Crippen LogP contribution in [0.1, 0.15) is 38.3 Å². The van der Waals surface area contributed by atoms with Gasteiger partial charge in [-0.2, -0.15) is 0 Å². The highest BCUT2D eigenvalue weighted by Gasteiger charge is 2.18.